The minimum atomic E-state index is -0.485. The lowest BCUT2D eigenvalue weighted by Crippen LogP contribution is -2.28. The molecule has 28 heavy (non-hydrogen) atoms. The molecule has 0 spiro atoms. The number of thiazole rings is 1. The predicted octanol–water partition coefficient (Wildman–Crippen LogP) is 2.51. The Kier molecular flexibility index (Phi) is 5.06. The molecule has 0 amide bonds. The Hall–Kier alpha value is -2.84. The highest BCUT2D eigenvalue weighted by atomic mass is 32.2. The van der Waals surface area contributed by atoms with Crippen LogP contribution in [0.4, 0.5) is 4.39 Å². The van der Waals surface area contributed by atoms with Crippen LogP contribution >= 0.6 is 23.1 Å². The van der Waals surface area contributed by atoms with Crippen LogP contribution in [0.15, 0.2) is 63.0 Å². The summed E-state index contributed by atoms with van der Waals surface area (Å²) in [6.45, 7) is 0. The maximum atomic E-state index is 13.1. The average Bonchev–Trinajstić information content (AvgIpc) is 2.99. The van der Waals surface area contributed by atoms with Crippen LogP contribution in [0.2, 0.25) is 0 Å². The van der Waals surface area contributed by atoms with E-state index in [4.69, 9.17) is 0 Å². The summed E-state index contributed by atoms with van der Waals surface area (Å²) in [5.74, 6) is -0.354. The molecule has 0 N–H and O–H groups in total. The molecule has 0 aliphatic carbocycles. The van der Waals surface area contributed by atoms with Gasteiger partial charge in [0.1, 0.15) is 11.5 Å². The molecule has 0 aliphatic heterocycles. The highest BCUT2D eigenvalue weighted by Gasteiger charge is 2.11. The molecule has 0 bridgehead atoms. The number of rotatable bonds is 4. The molecule has 0 aliphatic rings. The number of hydrogen-bond donors (Lipinski definition) is 0. The van der Waals surface area contributed by atoms with E-state index < -0.39 is 5.56 Å². The minimum Gasteiger partial charge on any atom is -0.266 e. The summed E-state index contributed by atoms with van der Waals surface area (Å²) in [6.07, 6.45) is 3.94. The predicted molar refractivity (Wildman–Crippen MR) is 110 cm³/mol. The smallest absolute Gasteiger partial charge is 0.266 e. The van der Waals surface area contributed by atoms with Crippen LogP contribution in [-0.4, -0.2) is 20.9 Å². The molecule has 2 aromatic carbocycles. The fourth-order valence-electron chi connectivity index (χ4n) is 2.70. The Bertz CT molecular complexity index is 1310. The zero-order valence-corrected chi connectivity index (χ0v) is 16.4. The van der Waals surface area contributed by atoms with Crippen LogP contribution in [0.3, 0.4) is 0 Å². The van der Waals surface area contributed by atoms with Crippen LogP contribution in [0.5, 0.6) is 0 Å². The van der Waals surface area contributed by atoms with Gasteiger partial charge in [-0.05, 0) is 47.7 Å². The van der Waals surface area contributed by atoms with Gasteiger partial charge in [0, 0.05) is 11.3 Å². The van der Waals surface area contributed by atoms with Gasteiger partial charge in [0.15, 0.2) is 0 Å². The fraction of sp³-hybridized carbons (Fsp3) is 0.100. The average molecular weight is 411 g/mol. The van der Waals surface area contributed by atoms with Gasteiger partial charge in [0.05, 0.1) is 4.53 Å². The standard InChI is InChI=1S/C20H14FN3O2S2/c1-27-15-8-4-13(5-9-15)11-17-19(26)24-20(28-17)22-18(25)16(23-24)10-12-2-6-14(21)7-3-12/h2-9,11H,10H2,1H3/b17-11+. The quantitative estimate of drug-likeness (QED) is 0.483. The van der Waals surface area contributed by atoms with Crippen molar-refractivity contribution in [2.45, 2.75) is 11.3 Å². The second-order valence-corrected chi connectivity index (χ2v) is 7.94. The molecule has 140 valence electrons. The molecule has 8 heteroatoms. The van der Waals surface area contributed by atoms with Gasteiger partial charge in [0.25, 0.3) is 11.1 Å². The van der Waals surface area contributed by atoms with Gasteiger partial charge < -0.3 is 0 Å². The van der Waals surface area contributed by atoms with Crippen molar-refractivity contribution in [3.05, 3.63) is 96.4 Å². The maximum Gasteiger partial charge on any atom is 0.296 e. The van der Waals surface area contributed by atoms with Crippen molar-refractivity contribution in [3.63, 3.8) is 0 Å². The Morgan fingerprint density at radius 3 is 2.50 bits per heavy atom. The first-order valence-electron chi connectivity index (χ1n) is 8.36. The normalized spacial score (nSPS) is 12.0. The van der Waals surface area contributed by atoms with Crippen LogP contribution in [0.1, 0.15) is 16.8 Å². The van der Waals surface area contributed by atoms with Crippen molar-refractivity contribution < 1.29 is 4.39 Å². The van der Waals surface area contributed by atoms with Gasteiger partial charge in [-0.2, -0.15) is 14.6 Å². The lowest BCUT2D eigenvalue weighted by atomic mass is 10.1. The zero-order chi connectivity index (χ0) is 19.7. The Morgan fingerprint density at radius 2 is 1.82 bits per heavy atom. The van der Waals surface area contributed by atoms with E-state index in [9.17, 15) is 14.0 Å². The molecule has 0 fully saturated rings. The summed E-state index contributed by atoms with van der Waals surface area (Å²) in [5.41, 5.74) is 0.949. The third-order valence-corrected chi connectivity index (χ3v) is 5.85. The summed E-state index contributed by atoms with van der Waals surface area (Å²) in [6, 6.07) is 13.6. The van der Waals surface area contributed by atoms with Crippen LogP contribution in [-0.2, 0) is 6.42 Å². The largest absolute Gasteiger partial charge is 0.296 e. The van der Waals surface area contributed by atoms with E-state index in [0.29, 0.717) is 4.53 Å². The number of benzene rings is 2. The Morgan fingerprint density at radius 1 is 1.11 bits per heavy atom. The van der Waals surface area contributed by atoms with Crippen molar-refractivity contribution in [1.82, 2.24) is 14.6 Å². The molecule has 4 rings (SSSR count). The van der Waals surface area contributed by atoms with Gasteiger partial charge in [0.2, 0.25) is 4.96 Å². The van der Waals surface area contributed by atoms with Gasteiger partial charge in [-0.1, -0.05) is 35.6 Å². The molecule has 0 saturated heterocycles. The molecule has 0 unspecified atom stereocenters. The monoisotopic (exact) mass is 411 g/mol. The van der Waals surface area contributed by atoms with Crippen LogP contribution in [0, 0.1) is 5.82 Å². The summed E-state index contributed by atoms with van der Waals surface area (Å²) in [4.78, 5) is 30.4. The zero-order valence-electron chi connectivity index (χ0n) is 14.8. The highest BCUT2D eigenvalue weighted by Crippen LogP contribution is 2.15. The number of nitrogens with zero attached hydrogens (tertiary/aromatic N) is 3. The molecule has 5 nitrogen and oxygen atoms in total. The van der Waals surface area contributed by atoms with Crippen LogP contribution < -0.4 is 15.7 Å². The maximum absolute atomic E-state index is 13.1. The van der Waals surface area contributed by atoms with E-state index in [0.717, 1.165) is 31.9 Å². The lowest BCUT2D eigenvalue weighted by Gasteiger charge is -2.00. The van der Waals surface area contributed by atoms with Crippen molar-refractivity contribution in [3.8, 4) is 0 Å². The van der Waals surface area contributed by atoms with E-state index in [-0.39, 0.29) is 28.5 Å². The van der Waals surface area contributed by atoms with Gasteiger partial charge in [-0.3, -0.25) is 9.59 Å². The molecule has 2 aromatic heterocycles. The molecular weight excluding hydrogens is 397 g/mol. The summed E-state index contributed by atoms with van der Waals surface area (Å²) in [7, 11) is 0. The van der Waals surface area contributed by atoms with Gasteiger partial charge >= 0.3 is 0 Å². The number of thioether (sulfide) groups is 1. The van der Waals surface area contributed by atoms with E-state index in [1.165, 1.54) is 12.1 Å². The van der Waals surface area contributed by atoms with E-state index >= 15 is 0 Å². The molecule has 0 radical (unpaired) electrons. The number of fused-ring (bicyclic) bond motifs is 1. The molecule has 2 heterocycles. The lowest BCUT2D eigenvalue weighted by molar-refractivity contribution is 0.627. The first kappa shape index (κ1) is 18.5. The molecular formula is C20H14FN3O2S2. The van der Waals surface area contributed by atoms with E-state index in [2.05, 4.69) is 10.1 Å². The Labute approximate surface area is 167 Å². The fourth-order valence-corrected chi connectivity index (χ4v) is 4.01. The topological polar surface area (TPSA) is 64.3 Å². The Balaban J connectivity index is 1.76. The van der Waals surface area contributed by atoms with Crippen molar-refractivity contribution in [1.29, 1.82) is 0 Å². The van der Waals surface area contributed by atoms with E-state index in [1.54, 1.807) is 30.0 Å². The summed E-state index contributed by atoms with van der Waals surface area (Å²) in [5, 5.41) is 4.20. The van der Waals surface area contributed by atoms with Crippen molar-refractivity contribution in [2.24, 2.45) is 0 Å². The number of aromatic nitrogens is 3. The molecule has 0 atom stereocenters. The summed E-state index contributed by atoms with van der Waals surface area (Å²) < 4.78 is 14.7. The number of halogens is 1. The van der Waals surface area contributed by atoms with Crippen molar-refractivity contribution in [2.75, 3.05) is 6.26 Å². The summed E-state index contributed by atoms with van der Waals surface area (Å²) >= 11 is 2.77. The van der Waals surface area contributed by atoms with E-state index in [1.807, 2.05) is 30.5 Å². The SMILES string of the molecule is CSc1ccc(/C=c2/sc3nc(=O)c(Cc4ccc(F)cc4)nn3c2=O)cc1. The molecule has 0 saturated carbocycles. The molecule has 4 aromatic rings. The first-order valence-corrected chi connectivity index (χ1v) is 10.4. The third-order valence-electron chi connectivity index (χ3n) is 4.15. The van der Waals surface area contributed by atoms with Gasteiger partial charge in [-0.15, -0.1) is 11.8 Å². The third kappa shape index (κ3) is 3.74. The van der Waals surface area contributed by atoms with Crippen LogP contribution in [0.25, 0.3) is 11.0 Å². The number of hydrogen-bond acceptors (Lipinski definition) is 6. The second-order valence-electron chi connectivity index (χ2n) is 6.05. The van der Waals surface area contributed by atoms with Gasteiger partial charge in [-0.25, -0.2) is 4.39 Å². The van der Waals surface area contributed by atoms with Crippen molar-refractivity contribution >= 4 is 34.1 Å². The second kappa shape index (κ2) is 7.65. The minimum absolute atomic E-state index is 0.148. The highest BCUT2D eigenvalue weighted by molar-refractivity contribution is 7.98. The first-order chi connectivity index (χ1) is 13.5.